The number of hydrogen-bond donors (Lipinski definition) is 0. The van der Waals surface area contributed by atoms with Gasteiger partial charge in [-0.05, 0) is 6.07 Å². The summed E-state index contributed by atoms with van der Waals surface area (Å²) in [6.45, 7) is 7.20. The summed E-state index contributed by atoms with van der Waals surface area (Å²) in [7, 11) is 1.91. The Hall–Kier alpha value is -4.79. The van der Waals surface area contributed by atoms with Gasteiger partial charge in [-0.2, -0.15) is 10.2 Å². The fraction of sp³-hybridized carbons (Fsp3) is 0.179. The molecule has 0 bridgehead atoms. The van der Waals surface area contributed by atoms with Crippen molar-refractivity contribution in [3.05, 3.63) is 97.4 Å². The Morgan fingerprint density at radius 1 is 0.784 bits per heavy atom. The number of fused-ring (bicyclic) bond motifs is 1. The predicted octanol–water partition coefficient (Wildman–Crippen LogP) is 3.75. The second-order valence-electron chi connectivity index (χ2n) is 9.10. The third kappa shape index (κ3) is 4.35. The van der Waals surface area contributed by atoms with Crippen LogP contribution < -0.4 is 9.80 Å². The Balaban J connectivity index is 1.12. The number of Topliss-reactive ketones (excluding diaryl/α,β-unsaturated/α-hetero) is 1. The van der Waals surface area contributed by atoms with E-state index in [0.717, 1.165) is 48.5 Å². The van der Waals surface area contributed by atoms with Crippen molar-refractivity contribution in [2.45, 2.75) is 0 Å². The lowest BCUT2D eigenvalue weighted by Gasteiger charge is -2.35. The van der Waals surface area contributed by atoms with E-state index >= 15 is 0 Å². The summed E-state index contributed by atoms with van der Waals surface area (Å²) in [5, 5.41) is 8.86. The van der Waals surface area contributed by atoms with Gasteiger partial charge in [0, 0.05) is 85.8 Å². The Labute approximate surface area is 214 Å². The van der Waals surface area contributed by atoms with Crippen molar-refractivity contribution in [1.29, 1.82) is 0 Å². The van der Waals surface area contributed by atoms with Gasteiger partial charge in [0.2, 0.25) is 5.95 Å². The predicted molar refractivity (Wildman–Crippen MR) is 144 cm³/mol. The van der Waals surface area contributed by atoms with Crippen molar-refractivity contribution >= 4 is 28.5 Å². The summed E-state index contributed by atoms with van der Waals surface area (Å²) >= 11 is 0. The maximum atomic E-state index is 12.7. The molecule has 0 radical (unpaired) electrons. The van der Waals surface area contributed by atoms with E-state index in [9.17, 15) is 4.79 Å². The largest absolute Gasteiger partial charge is 0.365 e. The van der Waals surface area contributed by atoms with E-state index in [1.165, 1.54) is 0 Å². The topological polar surface area (TPSA) is 84.5 Å². The summed E-state index contributed by atoms with van der Waals surface area (Å²) in [4.78, 5) is 26.3. The molecule has 6 rings (SSSR count). The van der Waals surface area contributed by atoms with Crippen LogP contribution in [0.3, 0.4) is 0 Å². The maximum absolute atomic E-state index is 12.7. The van der Waals surface area contributed by atoms with Gasteiger partial charge in [0.1, 0.15) is 0 Å². The highest BCUT2D eigenvalue weighted by Crippen LogP contribution is 2.27. The molecule has 184 valence electrons. The van der Waals surface area contributed by atoms with Crippen LogP contribution in [0.4, 0.5) is 11.6 Å². The molecule has 0 amide bonds. The van der Waals surface area contributed by atoms with E-state index in [-0.39, 0.29) is 5.78 Å². The van der Waals surface area contributed by atoms with Crippen LogP contribution in [0.2, 0.25) is 0 Å². The lowest BCUT2D eigenvalue weighted by Crippen LogP contribution is -2.47. The van der Waals surface area contributed by atoms with E-state index in [4.69, 9.17) is 0 Å². The zero-order valence-electron chi connectivity index (χ0n) is 20.5. The van der Waals surface area contributed by atoms with Crippen molar-refractivity contribution in [1.82, 2.24) is 29.4 Å². The standard InChI is InChI=1S/C28H26N8O/c1-20(27(37)21-6-4-3-5-7-21)23-14-29-28(30-15-23)35-12-10-34(11-13-35)26-17-32-36-19-22(8-9-25(26)36)24-16-31-33(2)18-24/h3-9,14-19H,1,10-13H2,2H3. The summed E-state index contributed by atoms with van der Waals surface area (Å²) in [6.07, 6.45) is 11.2. The molecule has 0 spiro atoms. The number of allylic oxidation sites excluding steroid dienone is 1. The third-order valence-electron chi connectivity index (χ3n) is 6.73. The summed E-state index contributed by atoms with van der Waals surface area (Å²) in [6, 6.07) is 13.4. The van der Waals surface area contributed by atoms with Crippen LogP contribution in [-0.4, -0.2) is 61.3 Å². The molecule has 0 aliphatic carbocycles. The second-order valence-corrected chi connectivity index (χ2v) is 9.10. The number of nitrogens with zero attached hydrogens (tertiary/aromatic N) is 8. The first-order valence-electron chi connectivity index (χ1n) is 12.1. The van der Waals surface area contributed by atoms with Gasteiger partial charge in [-0.1, -0.05) is 43.0 Å². The van der Waals surface area contributed by atoms with Crippen molar-refractivity contribution in [2.75, 3.05) is 36.0 Å². The molecule has 1 saturated heterocycles. The zero-order valence-corrected chi connectivity index (χ0v) is 20.5. The van der Waals surface area contributed by atoms with Gasteiger partial charge in [0.25, 0.3) is 0 Å². The van der Waals surface area contributed by atoms with E-state index in [1.807, 2.05) is 54.5 Å². The molecule has 0 atom stereocenters. The molecule has 37 heavy (non-hydrogen) atoms. The molecule has 0 unspecified atom stereocenters. The Kier molecular flexibility index (Phi) is 5.72. The number of benzene rings is 1. The monoisotopic (exact) mass is 490 g/mol. The average Bonchev–Trinajstić information content (AvgIpc) is 3.59. The number of hydrogen-bond acceptors (Lipinski definition) is 7. The van der Waals surface area contributed by atoms with Gasteiger partial charge < -0.3 is 9.80 Å². The number of rotatable bonds is 6. The summed E-state index contributed by atoms with van der Waals surface area (Å²) in [5.74, 6) is 0.538. The Morgan fingerprint density at radius 3 is 2.22 bits per heavy atom. The number of carbonyl (C=O) groups is 1. The molecule has 1 aliphatic heterocycles. The fourth-order valence-corrected chi connectivity index (χ4v) is 4.64. The van der Waals surface area contributed by atoms with E-state index in [1.54, 1.807) is 29.2 Å². The number of aryl methyl sites for hydroxylation is 1. The van der Waals surface area contributed by atoms with Crippen LogP contribution in [-0.2, 0) is 7.05 Å². The van der Waals surface area contributed by atoms with Crippen LogP contribution in [0, 0.1) is 0 Å². The zero-order chi connectivity index (χ0) is 25.4. The lowest BCUT2D eigenvalue weighted by molar-refractivity contribution is 0.105. The minimum absolute atomic E-state index is 0.119. The molecular formula is C28H26N8O. The van der Waals surface area contributed by atoms with Gasteiger partial charge in [-0.3, -0.25) is 9.48 Å². The highest BCUT2D eigenvalue weighted by atomic mass is 16.1. The van der Waals surface area contributed by atoms with Crippen LogP contribution in [0.5, 0.6) is 0 Å². The molecule has 5 aromatic rings. The number of piperazine rings is 1. The fourth-order valence-electron chi connectivity index (χ4n) is 4.64. The molecular weight excluding hydrogens is 464 g/mol. The SMILES string of the molecule is C=C(C(=O)c1ccccc1)c1cnc(N2CCN(c3cnn4cc(-c5cnn(C)c5)ccc34)CC2)nc1. The molecule has 0 saturated carbocycles. The highest BCUT2D eigenvalue weighted by molar-refractivity contribution is 6.28. The highest BCUT2D eigenvalue weighted by Gasteiger charge is 2.22. The van der Waals surface area contributed by atoms with Crippen LogP contribution in [0.25, 0.3) is 22.2 Å². The summed E-state index contributed by atoms with van der Waals surface area (Å²) < 4.78 is 3.72. The average molecular weight is 491 g/mol. The van der Waals surface area contributed by atoms with Gasteiger partial charge in [0.15, 0.2) is 5.78 Å². The molecule has 9 heteroatoms. The van der Waals surface area contributed by atoms with Crippen molar-refractivity contribution in [3.8, 4) is 11.1 Å². The number of aromatic nitrogens is 6. The van der Waals surface area contributed by atoms with E-state index < -0.39 is 0 Å². The first-order valence-corrected chi connectivity index (χ1v) is 12.1. The first-order chi connectivity index (χ1) is 18.1. The van der Waals surface area contributed by atoms with Crippen LogP contribution in [0.15, 0.2) is 86.2 Å². The Morgan fingerprint density at radius 2 is 1.51 bits per heavy atom. The smallest absolute Gasteiger partial charge is 0.225 e. The normalized spacial score (nSPS) is 13.8. The van der Waals surface area contributed by atoms with E-state index in [2.05, 4.69) is 48.7 Å². The van der Waals surface area contributed by atoms with Gasteiger partial charge >= 0.3 is 0 Å². The number of carbonyl (C=O) groups excluding carboxylic acids is 1. The van der Waals surface area contributed by atoms with Gasteiger partial charge in [-0.25, -0.2) is 14.5 Å². The lowest BCUT2D eigenvalue weighted by atomic mass is 10.0. The number of ketones is 1. The van der Waals surface area contributed by atoms with Crippen LogP contribution >= 0.6 is 0 Å². The van der Waals surface area contributed by atoms with E-state index in [0.29, 0.717) is 22.6 Å². The van der Waals surface area contributed by atoms with Crippen molar-refractivity contribution < 1.29 is 4.79 Å². The number of anilines is 2. The molecule has 4 aromatic heterocycles. The quantitative estimate of drug-likeness (QED) is 0.265. The number of pyridine rings is 1. The molecule has 1 aliphatic rings. The molecule has 1 aromatic carbocycles. The molecule has 1 fully saturated rings. The first kappa shape index (κ1) is 22.7. The minimum atomic E-state index is -0.119. The third-order valence-corrected chi connectivity index (χ3v) is 6.73. The van der Waals surface area contributed by atoms with Crippen LogP contribution in [0.1, 0.15) is 15.9 Å². The Bertz CT molecular complexity index is 1580. The van der Waals surface area contributed by atoms with Gasteiger partial charge in [0.05, 0.1) is 23.6 Å². The second kappa shape index (κ2) is 9.34. The maximum Gasteiger partial charge on any atom is 0.225 e. The summed E-state index contributed by atoms with van der Waals surface area (Å²) in [5.41, 5.74) is 5.96. The van der Waals surface area contributed by atoms with Crippen molar-refractivity contribution in [2.24, 2.45) is 7.05 Å². The molecule has 0 N–H and O–H groups in total. The minimum Gasteiger partial charge on any atom is -0.365 e. The molecule has 9 nitrogen and oxygen atoms in total. The van der Waals surface area contributed by atoms with Gasteiger partial charge in [-0.15, -0.1) is 0 Å². The van der Waals surface area contributed by atoms with Crippen molar-refractivity contribution in [3.63, 3.8) is 0 Å². The molecule has 5 heterocycles.